The van der Waals surface area contributed by atoms with Crippen molar-refractivity contribution >= 4 is 0 Å². The average molecular weight is 248 g/mol. The first kappa shape index (κ1) is 13.9. The first-order chi connectivity index (χ1) is 7.79. The number of nitrogens with zero attached hydrogens (tertiary/aromatic N) is 2. The number of aromatic nitrogens is 2. The number of aliphatic hydroxyl groups excluding tert-OH is 1. The van der Waals surface area contributed by atoms with Crippen LogP contribution in [0.25, 0.3) is 0 Å². The molecular formula is C11H15F3N2O. The minimum atomic E-state index is -4.47. The summed E-state index contributed by atoms with van der Waals surface area (Å²) < 4.78 is 37.1. The van der Waals surface area contributed by atoms with E-state index >= 15 is 0 Å². The molecule has 1 aromatic rings. The third kappa shape index (κ3) is 4.68. The Labute approximate surface area is 97.7 Å². The van der Waals surface area contributed by atoms with Crippen LogP contribution < -0.4 is 0 Å². The van der Waals surface area contributed by atoms with E-state index in [4.69, 9.17) is 0 Å². The van der Waals surface area contributed by atoms with Gasteiger partial charge in [0, 0.05) is 12.6 Å². The molecule has 1 atom stereocenters. The van der Waals surface area contributed by atoms with Crippen molar-refractivity contribution in [1.29, 1.82) is 0 Å². The number of hydrogen-bond donors (Lipinski definition) is 1. The van der Waals surface area contributed by atoms with Crippen LogP contribution in [0.2, 0.25) is 0 Å². The highest BCUT2D eigenvalue weighted by Crippen LogP contribution is 2.27. The Morgan fingerprint density at radius 3 is 2.53 bits per heavy atom. The quantitative estimate of drug-likeness (QED) is 0.890. The first-order valence-electron chi connectivity index (χ1n) is 5.36. The van der Waals surface area contributed by atoms with E-state index < -0.39 is 18.0 Å². The van der Waals surface area contributed by atoms with Gasteiger partial charge in [-0.05, 0) is 18.4 Å². The summed E-state index contributed by atoms with van der Waals surface area (Å²) in [4.78, 5) is 7.12. The second kappa shape index (κ2) is 5.44. The lowest BCUT2D eigenvalue weighted by Crippen LogP contribution is -2.17. The molecule has 1 aromatic heterocycles. The predicted octanol–water partition coefficient (Wildman–Crippen LogP) is 2.44. The van der Waals surface area contributed by atoms with E-state index in [1.807, 2.05) is 13.8 Å². The van der Waals surface area contributed by atoms with E-state index in [0.29, 0.717) is 6.42 Å². The smallest absolute Gasteiger partial charge is 0.393 e. The lowest BCUT2D eigenvalue weighted by molar-refractivity contribution is -0.141. The van der Waals surface area contributed by atoms with E-state index in [9.17, 15) is 18.3 Å². The van der Waals surface area contributed by atoms with Gasteiger partial charge >= 0.3 is 6.18 Å². The van der Waals surface area contributed by atoms with E-state index in [2.05, 4.69) is 9.97 Å². The molecule has 1 rings (SSSR count). The molecule has 0 saturated heterocycles. The SMILES string of the molecule is CC(C)CC(O)Cc1nccc(C(F)(F)F)n1. The zero-order chi connectivity index (χ0) is 13.1. The first-order valence-corrected chi connectivity index (χ1v) is 5.36. The van der Waals surface area contributed by atoms with Crippen LogP contribution in [0.4, 0.5) is 13.2 Å². The van der Waals surface area contributed by atoms with Gasteiger partial charge < -0.3 is 5.11 Å². The van der Waals surface area contributed by atoms with Gasteiger partial charge in [0.2, 0.25) is 0 Å². The molecule has 0 bridgehead atoms. The van der Waals surface area contributed by atoms with Crippen molar-refractivity contribution in [3.8, 4) is 0 Å². The Morgan fingerprint density at radius 2 is 2.00 bits per heavy atom. The van der Waals surface area contributed by atoms with Crippen LogP contribution >= 0.6 is 0 Å². The summed E-state index contributed by atoms with van der Waals surface area (Å²) in [6.07, 6.45) is -3.56. The normalized spacial score (nSPS) is 14.1. The monoisotopic (exact) mass is 248 g/mol. The van der Waals surface area contributed by atoms with Gasteiger partial charge in [-0.1, -0.05) is 13.8 Å². The maximum atomic E-state index is 12.4. The lowest BCUT2D eigenvalue weighted by Gasteiger charge is -2.12. The molecule has 6 heteroatoms. The van der Waals surface area contributed by atoms with Crippen molar-refractivity contribution < 1.29 is 18.3 Å². The molecule has 0 aliphatic rings. The lowest BCUT2D eigenvalue weighted by atomic mass is 10.0. The highest BCUT2D eigenvalue weighted by atomic mass is 19.4. The highest BCUT2D eigenvalue weighted by Gasteiger charge is 2.32. The summed E-state index contributed by atoms with van der Waals surface area (Å²) in [6, 6.07) is 0.818. The van der Waals surface area contributed by atoms with Gasteiger partial charge in [0.05, 0.1) is 6.10 Å². The minimum Gasteiger partial charge on any atom is -0.393 e. The molecular weight excluding hydrogens is 233 g/mol. The molecule has 0 aromatic carbocycles. The Morgan fingerprint density at radius 1 is 1.35 bits per heavy atom. The van der Waals surface area contributed by atoms with Gasteiger partial charge in [0.15, 0.2) is 0 Å². The molecule has 3 nitrogen and oxygen atoms in total. The van der Waals surface area contributed by atoms with Gasteiger partial charge in [-0.2, -0.15) is 13.2 Å². The van der Waals surface area contributed by atoms with Crippen LogP contribution in [0.3, 0.4) is 0 Å². The standard InChI is InChI=1S/C11H15F3N2O/c1-7(2)5-8(17)6-10-15-4-3-9(16-10)11(12,13)14/h3-4,7-8,17H,5-6H2,1-2H3. The molecule has 0 saturated carbocycles. The maximum absolute atomic E-state index is 12.4. The molecule has 1 N–H and O–H groups in total. The predicted molar refractivity (Wildman–Crippen MR) is 56.2 cm³/mol. The van der Waals surface area contributed by atoms with E-state index in [1.165, 1.54) is 0 Å². The number of rotatable bonds is 4. The van der Waals surface area contributed by atoms with Gasteiger partial charge in [-0.3, -0.25) is 0 Å². The van der Waals surface area contributed by atoms with E-state index in [-0.39, 0.29) is 18.2 Å². The van der Waals surface area contributed by atoms with Gasteiger partial charge in [-0.25, -0.2) is 9.97 Å². The van der Waals surface area contributed by atoms with Gasteiger partial charge in [0.1, 0.15) is 11.5 Å². The van der Waals surface area contributed by atoms with Gasteiger partial charge in [0.25, 0.3) is 0 Å². The molecule has 0 radical (unpaired) electrons. The van der Waals surface area contributed by atoms with Crippen LogP contribution in [0, 0.1) is 5.92 Å². The summed E-state index contributed by atoms with van der Waals surface area (Å²) in [6.45, 7) is 3.85. The third-order valence-corrected chi connectivity index (χ3v) is 2.16. The van der Waals surface area contributed by atoms with Crippen LogP contribution in [0.5, 0.6) is 0 Å². The van der Waals surface area contributed by atoms with Crippen molar-refractivity contribution in [1.82, 2.24) is 9.97 Å². The summed E-state index contributed by atoms with van der Waals surface area (Å²) in [7, 11) is 0. The average Bonchev–Trinajstić information content (AvgIpc) is 2.15. The second-order valence-electron chi connectivity index (χ2n) is 4.34. The Kier molecular flexibility index (Phi) is 4.45. The van der Waals surface area contributed by atoms with Crippen LogP contribution in [0.15, 0.2) is 12.3 Å². The fourth-order valence-electron chi connectivity index (χ4n) is 1.49. The summed E-state index contributed by atoms with van der Waals surface area (Å²) in [5, 5.41) is 9.61. The molecule has 0 amide bonds. The molecule has 0 aliphatic carbocycles. The summed E-state index contributed by atoms with van der Waals surface area (Å²) in [5.41, 5.74) is -0.973. The molecule has 0 spiro atoms. The zero-order valence-corrected chi connectivity index (χ0v) is 9.70. The Hall–Kier alpha value is -1.17. The second-order valence-corrected chi connectivity index (χ2v) is 4.34. The van der Waals surface area contributed by atoms with Crippen molar-refractivity contribution in [2.24, 2.45) is 5.92 Å². The van der Waals surface area contributed by atoms with Crippen LogP contribution in [-0.2, 0) is 12.6 Å². The zero-order valence-electron chi connectivity index (χ0n) is 9.70. The minimum absolute atomic E-state index is 0.0213. The fraction of sp³-hybridized carbons (Fsp3) is 0.636. The molecule has 17 heavy (non-hydrogen) atoms. The van der Waals surface area contributed by atoms with Crippen molar-refractivity contribution in [3.05, 3.63) is 23.8 Å². The number of aliphatic hydroxyl groups is 1. The largest absolute Gasteiger partial charge is 0.433 e. The molecule has 1 heterocycles. The van der Waals surface area contributed by atoms with Crippen LogP contribution in [0.1, 0.15) is 31.8 Å². The number of alkyl halides is 3. The third-order valence-electron chi connectivity index (χ3n) is 2.16. The summed E-state index contributed by atoms with van der Waals surface area (Å²) in [5.74, 6) is 0.295. The van der Waals surface area contributed by atoms with E-state index in [0.717, 1.165) is 12.3 Å². The van der Waals surface area contributed by atoms with E-state index in [1.54, 1.807) is 0 Å². The van der Waals surface area contributed by atoms with Crippen molar-refractivity contribution in [2.45, 2.75) is 39.0 Å². The number of halogens is 3. The summed E-state index contributed by atoms with van der Waals surface area (Å²) >= 11 is 0. The van der Waals surface area contributed by atoms with Crippen molar-refractivity contribution in [2.75, 3.05) is 0 Å². The van der Waals surface area contributed by atoms with Crippen LogP contribution in [-0.4, -0.2) is 21.2 Å². The fourth-order valence-corrected chi connectivity index (χ4v) is 1.49. The van der Waals surface area contributed by atoms with Crippen molar-refractivity contribution in [3.63, 3.8) is 0 Å². The Balaban J connectivity index is 2.72. The maximum Gasteiger partial charge on any atom is 0.433 e. The highest BCUT2D eigenvalue weighted by molar-refractivity contribution is 5.06. The topological polar surface area (TPSA) is 46.0 Å². The Bertz CT molecular complexity index is 366. The molecule has 1 unspecified atom stereocenters. The number of hydrogen-bond acceptors (Lipinski definition) is 3. The molecule has 0 aliphatic heterocycles. The molecule has 96 valence electrons. The molecule has 0 fully saturated rings. The van der Waals surface area contributed by atoms with Gasteiger partial charge in [-0.15, -0.1) is 0 Å².